The largest absolute Gasteiger partial charge is 0.330 e. The van der Waals surface area contributed by atoms with Crippen LogP contribution in [0.4, 0.5) is 5.69 Å². The predicted octanol–water partition coefficient (Wildman–Crippen LogP) is 4.69. The number of sulfonamides is 1. The fraction of sp³-hybridized carbons (Fsp3) is 0.136. The third-order valence-electron chi connectivity index (χ3n) is 4.26. The Morgan fingerprint density at radius 2 is 1.90 bits per heavy atom. The van der Waals surface area contributed by atoms with Gasteiger partial charge in [-0.3, -0.25) is 9.52 Å². The highest BCUT2D eigenvalue weighted by Crippen LogP contribution is 2.20. The molecule has 1 heterocycles. The SMILES string of the molecule is C=CCN(Cc1cccs1)C(=O)c1cccc(S(=O)(=O)Nc2ccc(C)cc2)c1. The fourth-order valence-electron chi connectivity index (χ4n) is 2.78. The third kappa shape index (κ3) is 5.34. The second kappa shape index (κ2) is 9.07. The molecular formula is C22H22N2O3S2. The second-order valence-electron chi connectivity index (χ2n) is 6.55. The van der Waals surface area contributed by atoms with Gasteiger partial charge in [0.1, 0.15) is 0 Å². The number of thiophene rings is 1. The molecule has 0 spiro atoms. The maximum atomic E-state index is 13.0. The molecule has 0 saturated carbocycles. The summed E-state index contributed by atoms with van der Waals surface area (Å²) in [5.74, 6) is -0.245. The van der Waals surface area contributed by atoms with Crippen LogP contribution in [0, 0.1) is 6.92 Å². The molecule has 1 N–H and O–H groups in total. The van der Waals surface area contributed by atoms with Gasteiger partial charge in [0, 0.05) is 22.7 Å². The first-order chi connectivity index (χ1) is 13.9. The van der Waals surface area contributed by atoms with Gasteiger partial charge >= 0.3 is 0 Å². The highest BCUT2D eigenvalue weighted by Gasteiger charge is 2.20. The second-order valence-corrected chi connectivity index (χ2v) is 9.27. The molecule has 0 aliphatic carbocycles. The first-order valence-corrected chi connectivity index (χ1v) is 11.4. The topological polar surface area (TPSA) is 66.5 Å². The van der Waals surface area contributed by atoms with Crippen molar-refractivity contribution in [2.45, 2.75) is 18.4 Å². The summed E-state index contributed by atoms with van der Waals surface area (Å²) in [5, 5.41) is 1.95. The lowest BCUT2D eigenvalue weighted by Gasteiger charge is -2.21. The molecule has 3 rings (SSSR count). The quantitative estimate of drug-likeness (QED) is 0.532. The van der Waals surface area contributed by atoms with Crippen LogP contribution in [0.2, 0.25) is 0 Å². The Bertz CT molecular complexity index is 1090. The van der Waals surface area contributed by atoms with Crippen molar-refractivity contribution in [3.63, 3.8) is 0 Å². The van der Waals surface area contributed by atoms with Gasteiger partial charge < -0.3 is 4.90 Å². The van der Waals surface area contributed by atoms with Gasteiger partial charge in [-0.1, -0.05) is 35.9 Å². The maximum Gasteiger partial charge on any atom is 0.261 e. The van der Waals surface area contributed by atoms with Crippen LogP contribution in [0.3, 0.4) is 0 Å². The molecule has 0 aliphatic heterocycles. The molecule has 0 unspecified atom stereocenters. The Hall–Kier alpha value is -2.90. The lowest BCUT2D eigenvalue weighted by Crippen LogP contribution is -2.30. The molecule has 1 amide bonds. The molecule has 0 radical (unpaired) electrons. The number of hydrogen-bond acceptors (Lipinski definition) is 4. The van der Waals surface area contributed by atoms with Gasteiger partial charge in [0.15, 0.2) is 0 Å². The summed E-state index contributed by atoms with van der Waals surface area (Å²) < 4.78 is 28.1. The summed E-state index contributed by atoms with van der Waals surface area (Å²) in [6.45, 7) is 6.46. The number of aryl methyl sites for hydroxylation is 1. The van der Waals surface area contributed by atoms with Gasteiger partial charge in [0.05, 0.1) is 11.4 Å². The molecule has 3 aromatic rings. The van der Waals surface area contributed by atoms with E-state index >= 15 is 0 Å². The van der Waals surface area contributed by atoms with E-state index in [0.29, 0.717) is 24.3 Å². The summed E-state index contributed by atoms with van der Waals surface area (Å²) in [6.07, 6.45) is 1.66. The van der Waals surface area contributed by atoms with E-state index in [0.717, 1.165) is 10.4 Å². The van der Waals surface area contributed by atoms with Crippen LogP contribution in [0.1, 0.15) is 20.8 Å². The highest BCUT2D eigenvalue weighted by atomic mass is 32.2. The highest BCUT2D eigenvalue weighted by molar-refractivity contribution is 7.92. The number of carbonyl (C=O) groups is 1. The van der Waals surface area contributed by atoms with Crippen LogP contribution >= 0.6 is 11.3 Å². The first kappa shape index (κ1) is 20.8. The third-order valence-corrected chi connectivity index (χ3v) is 6.50. The Kier molecular flexibility index (Phi) is 6.51. The van der Waals surface area contributed by atoms with Gasteiger partial charge in [-0.05, 0) is 48.7 Å². The van der Waals surface area contributed by atoms with Crippen molar-refractivity contribution in [1.29, 1.82) is 0 Å². The van der Waals surface area contributed by atoms with Crippen LogP contribution < -0.4 is 4.72 Å². The van der Waals surface area contributed by atoms with Crippen molar-refractivity contribution in [3.8, 4) is 0 Å². The molecule has 0 saturated heterocycles. The minimum Gasteiger partial charge on any atom is -0.330 e. The Balaban J connectivity index is 1.84. The summed E-state index contributed by atoms with van der Waals surface area (Å²) in [7, 11) is -3.81. The van der Waals surface area contributed by atoms with Crippen molar-refractivity contribution in [1.82, 2.24) is 4.90 Å². The lowest BCUT2D eigenvalue weighted by atomic mass is 10.2. The number of rotatable bonds is 8. The van der Waals surface area contributed by atoms with Crippen LogP contribution in [0.5, 0.6) is 0 Å². The first-order valence-electron chi connectivity index (χ1n) is 9.01. The van der Waals surface area contributed by atoms with E-state index < -0.39 is 10.0 Å². The molecule has 0 atom stereocenters. The van der Waals surface area contributed by atoms with Crippen molar-refractivity contribution < 1.29 is 13.2 Å². The zero-order valence-corrected chi connectivity index (χ0v) is 17.7. The number of anilines is 1. The molecular weight excluding hydrogens is 404 g/mol. The Morgan fingerprint density at radius 1 is 1.14 bits per heavy atom. The maximum absolute atomic E-state index is 13.0. The average molecular weight is 427 g/mol. The smallest absolute Gasteiger partial charge is 0.261 e. The number of carbonyl (C=O) groups excluding carboxylic acids is 1. The molecule has 5 nitrogen and oxygen atoms in total. The molecule has 29 heavy (non-hydrogen) atoms. The summed E-state index contributed by atoms with van der Waals surface area (Å²) in [4.78, 5) is 15.7. The van der Waals surface area contributed by atoms with Crippen LogP contribution in [-0.4, -0.2) is 25.8 Å². The minimum absolute atomic E-state index is 0.0404. The number of benzene rings is 2. The molecule has 150 valence electrons. The van der Waals surface area contributed by atoms with Gasteiger partial charge in [-0.25, -0.2) is 8.42 Å². The molecule has 2 aromatic carbocycles. The molecule has 0 fully saturated rings. The lowest BCUT2D eigenvalue weighted by molar-refractivity contribution is 0.0764. The van der Waals surface area contributed by atoms with Gasteiger partial charge in [-0.2, -0.15) is 0 Å². The standard InChI is InChI=1S/C22H22N2O3S2/c1-3-13-24(16-20-7-5-14-28-20)22(25)18-6-4-8-21(15-18)29(26,27)23-19-11-9-17(2)10-12-19/h3-12,14-15,23H,1,13,16H2,2H3. The Morgan fingerprint density at radius 3 is 2.55 bits per heavy atom. The van der Waals surface area contributed by atoms with E-state index in [1.54, 1.807) is 46.6 Å². The van der Waals surface area contributed by atoms with Gasteiger partial charge in [0.25, 0.3) is 15.9 Å². The van der Waals surface area contributed by atoms with E-state index in [-0.39, 0.29) is 10.8 Å². The monoisotopic (exact) mass is 426 g/mol. The van der Waals surface area contributed by atoms with Gasteiger partial charge in [-0.15, -0.1) is 17.9 Å². The van der Waals surface area contributed by atoms with Crippen molar-refractivity contribution in [3.05, 3.63) is 94.7 Å². The van der Waals surface area contributed by atoms with E-state index in [4.69, 9.17) is 0 Å². The normalized spacial score (nSPS) is 11.1. The molecule has 0 bridgehead atoms. The summed E-state index contributed by atoms with van der Waals surface area (Å²) in [6, 6.07) is 17.0. The van der Waals surface area contributed by atoms with Crippen LogP contribution in [0.15, 0.2) is 83.6 Å². The van der Waals surface area contributed by atoms with Gasteiger partial charge in [0.2, 0.25) is 0 Å². The van der Waals surface area contributed by atoms with Crippen molar-refractivity contribution in [2.75, 3.05) is 11.3 Å². The van der Waals surface area contributed by atoms with E-state index in [1.165, 1.54) is 12.1 Å². The van der Waals surface area contributed by atoms with Crippen LogP contribution in [-0.2, 0) is 16.6 Å². The zero-order valence-electron chi connectivity index (χ0n) is 16.0. The molecule has 0 aliphatic rings. The number of nitrogens with zero attached hydrogens (tertiary/aromatic N) is 1. The molecule has 1 aromatic heterocycles. The van der Waals surface area contributed by atoms with E-state index in [2.05, 4.69) is 11.3 Å². The number of amides is 1. The molecule has 7 heteroatoms. The summed E-state index contributed by atoms with van der Waals surface area (Å²) in [5.41, 5.74) is 1.82. The zero-order chi connectivity index (χ0) is 20.9. The van der Waals surface area contributed by atoms with E-state index in [1.807, 2.05) is 36.6 Å². The Labute approximate surface area is 175 Å². The minimum atomic E-state index is -3.81. The average Bonchev–Trinajstić information content (AvgIpc) is 3.22. The van der Waals surface area contributed by atoms with Crippen molar-refractivity contribution >= 4 is 33.0 Å². The predicted molar refractivity (Wildman–Crippen MR) is 118 cm³/mol. The van der Waals surface area contributed by atoms with E-state index in [9.17, 15) is 13.2 Å². The number of hydrogen-bond donors (Lipinski definition) is 1. The summed E-state index contributed by atoms with van der Waals surface area (Å²) >= 11 is 1.57. The number of nitrogens with one attached hydrogen (secondary N) is 1. The fourth-order valence-corrected chi connectivity index (χ4v) is 4.60. The van der Waals surface area contributed by atoms with Crippen LogP contribution in [0.25, 0.3) is 0 Å². The van der Waals surface area contributed by atoms with Crippen molar-refractivity contribution in [2.24, 2.45) is 0 Å².